The molecule has 0 aliphatic carbocycles. The summed E-state index contributed by atoms with van der Waals surface area (Å²) in [6.07, 6.45) is 2.80. The number of benzene rings is 1. The lowest BCUT2D eigenvalue weighted by molar-refractivity contribution is -0.130. The van der Waals surface area contributed by atoms with Crippen molar-refractivity contribution in [1.82, 2.24) is 10.2 Å². The molecule has 1 atom stereocenters. The molecule has 0 radical (unpaired) electrons. The van der Waals surface area contributed by atoms with E-state index in [2.05, 4.69) is 10.6 Å². The number of anilines is 1. The summed E-state index contributed by atoms with van der Waals surface area (Å²) in [6.45, 7) is 2.17. The number of likely N-dealkylation sites (tertiary alicyclic amines) is 1. The average molecular weight is 333 g/mol. The van der Waals surface area contributed by atoms with Crippen LogP contribution in [-0.4, -0.2) is 55.5 Å². The molecule has 0 spiro atoms. The number of carbonyl (C=O) groups excluding carboxylic acids is 2. The molecule has 1 aromatic carbocycles. The number of piperidine rings is 1. The van der Waals surface area contributed by atoms with Crippen LogP contribution < -0.4 is 10.6 Å². The fourth-order valence-corrected chi connectivity index (χ4v) is 3.15. The van der Waals surface area contributed by atoms with Gasteiger partial charge in [-0.05, 0) is 31.5 Å². The summed E-state index contributed by atoms with van der Waals surface area (Å²) in [5, 5.41) is 5.01. The van der Waals surface area contributed by atoms with Crippen LogP contribution in [0.3, 0.4) is 0 Å². The molecule has 2 aliphatic rings. The van der Waals surface area contributed by atoms with Gasteiger partial charge in [0, 0.05) is 5.69 Å². The van der Waals surface area contributed by atoms with Crippen LogP contribution in [-0.2, 0) is 14.3 Å². The first kappa shape index (κ1) is 16.9. The van der Waals surface area contributed by atoms with Gasteiger partial charge in [0.2, 0.25) is 5.91 Å². The molecule has 3 amide bonds. The van der Waals surface area contributed by atoms with Gasteiger partial charge in [-0.2, -0.15) is 0 Å². The number of nitrogens with zero attached hydrogens (tertiary/aromatic N) is 1. The Morgan fingerprint density at radius 3 is 2.62 bits per heavy atom. The molecule has 2 fully saturated rings. The first-order valence-corrected chi connectivity index (χ1v) is 8.35. The van der Waals surface area contributed by atoms with Crippen molar-refractivity contribution in [2.75, 3.05) is 31.6 Å². The van der Waals surface area contributed by atoms with Crippen molar-refractivity contribution < 1.29 is 19.1 Å². The number of carbonyl (C=O) groups is 2. The SMILES string of the molecule is O=C(CN1CCCC[C@@H]1C1OCCO1)NC(=O)Nc1ccccc1. The van der Waals surface area contributed by atoms with Crippen LogP contribution in [0.2, 0.25) is 0 Å². The van der Waals surface area contributed by atoms with E-state index >= 15 is 0 Å². The maximum absolute atomic E-state index is 12.2. The molecule has 2 heterocycles. The highest BCUT2D eigenvalue weighted by atomic mass is 16.7. The van der Waals surface area contributed by atoms with Crippen LogP contribution in [0.15, 0.2) is 30.3 Å². The van der Waals surface area contributed by atoms with Gasteiger partial charge < -0.3 is 14.8 Å². The first-order valence-electron chi connectivity index (χ1n) is 8.35. The lowest BCUT2D eigenvalue weighted by Crippen LogP contribution is -2.51. The van der Waals surface area contributed by atoms with E-state index in [1.807, 2.05) is 23.1 Å². The molecule has 0 unspecified atom stereocenters. The molecule has 2 saturated heterocycles. The Balaban J connectivity index is 1.50. The first-order chi connectivity index (χ1) is 11.7. The van der Waals surface area contributed by atoms with Crippen molar-refractivity contribution >= 4 is 17.6 Å². The van der Waals surface area contributed by atoms with Gasteiger partial charge in [-0.15, -0.1) is 0 Å². The van der Waals surface area contributed by atoms with Gasteiger partial charge in [-0.1, -0.05) is 24.6 Å². The number of para-hydroxylation sites is 1. The quantitative estimate of drug-likeness (QED) is 0.874. The van der Waals surface area contributed by atoms with Crippen molar-refractivity contribution in [3.8, 4) is 0 Å². The summed E-state index contributed by atoms with van der Waals surface area (Å²) >= 11 is 0. The summed E-state index contributed by atoms with van der Waals surface area (Å²) in [6, 6.07) is 8.57. The molecule has 1 aromatic rings. The van der Waals surface area contributed by atoms with Crippen LogP contribution in [0.1, 0.15) is 19.3 Å². The Hall–Kier alpha value is -1.96. The van der Waals surface area contributed by atoms with Crippen molar-refractivity contribution in [1.29, 1.82) is 0 Å². The summed E-state index contributed by atoms with van der Waals surface area (Å²) in [7, 11) is 0. The van der Waals surface area contributed by atoms with Crippen molar-refractivity contribution in [3.63, 3.8) is 0 Å². The Kier molecular flexibility index (Phi) is 5.79. The van der Waals surface area contributed by atoms with Crippen LogP contribution in [0.4, 0.5) is 10.5 Å². The van der Waals surface area contributed by atoms with Crippen LogP contribution >= 0.6 is 0 Å². The summed E-state index contributed by atoms with van der Waals surface area (Å²) in [5.74, 6) is -0.326. The van der Waals surface area contributed by atoms with Crippen LogP contribution in [0.5, 0.6) is 0 Å². The minimum absolute atomic E-state index is 0.0733. The van der Waals surface area contributed by atoms with Crippen molar-refractivity contribution in [2.45, 2.75) is 31.6 Å². The zero-order valence-electron chi connectivity index (χ0n) is 13.6. The van der Waals surface area contributed by atoms with Gasteiger partial charge in [0.15, 0.2) is 6.29 Å². The highest BCUT2D eigenvalue weighted by Gasteiger charge is 2.34. The van der Waals surface area contributed by atoms with Gasteiger partial charge in [-0.3, -0.25) is 15.0 Å². The standard InChI is InChI=1S/C17H23N3O4/c21-15(19-17(22)18-13-6-2-1-3-7-13)12-20-9-5-4-8-14(20)16-23-10-11-24-16/h1-3,6-7,14,16H,4-5,8-12H2,(H2,18,19,21,22)/t14-/m1/s1. The molecule has 2 aliphatic heterocycles. The predicted octanol–water partition coefficient (Wildman–Crippen LogP) is 1.56. The normalized spacial score (nSPS) is 22.2. The minimum Gasteiger partial charge on any atom is -0.349 e. The molecule has 2 N–H and O–H groups in total. The third kappa shape index (κ3) is 4.53. The zero-order valence-corrected chi connectivity index (χ0v) is 13.6. The van der Waals surface area contributed by atoms with E-state index in [0.29, 0.717) is 18.9 Å². The minimum atomic E-state index is -0.520. The largest absolute Gasteiger partial charge is 0.349 e. The highest BCUT2D eigenvalue weighted by Crippen LogP contribution is 2.23. The number of rotatable bonds is 4. The molecule has 3 rings (SSSR count). The molecule has 0 saturated carbocycles. The van der Waals surface area contributed by atoms with Gasteiger partial charge in [0.25, 0.3) is 0 Å². The average Bonchev–Trinajstić information content (AvgIpc) is 3.10. The fraction of sp³-hybridized carbons (Fsp3) is 0.529. The number of ether oxygens (including phenoxy) is 2. The van der Waals surface area contributed by atoms with E-state index in [1.54, 1.807) is 12.1 Å². The lowest BCUT2D eigenvalue weighted by Gasteiger charge is -2.37. The van der Waals surface area contributed by atoms with Crippen molar-refractivity contribution in [2.24, 2.45) is 0 Å². The Morgan fingerprint density at radius 2 is 1.88 bits per heavy atom. The molecular weight excluding hydrogens is 310 g/mol. The number of hydrogen-bond acceptors (Lipinski definition) is 5. The van der Waals surface area contributed by atoms with Crippen LogP contribution in [0.25, 0.3) is 0 Å². The number of hydrogen-bond donors (Lipinski definition) is 2. The molecule has 0 aromatic heterocycles. The van der Waals surface area contributed by atoms with Gasteiger partial charge in [0.1, 0.15) is 0 Å². The fourth-order valence-electron chi connectivity index (χ4n) is 3.15. The monoisotopic (exact) mass is 333 g/mol. The second-order valence-electron chi connectivity index (χ2n) is 6.01. The Labute approximate surface area is 141 Å². The molecule has 130 valence electrons. The summed E-state index contributed by atoms with van der Waals surface area (Å²) < 4.78 is 11.2. The van der Waals surface area contributed by atoms with E-state index < -0.39 is 6.03 Å². The predicted molar refractivity (Wildman–Crippen MR) is 88.5 cm³/mol. The lowest BCUT2D eigenvalue weighted by atomic mass is 10.0. The third-order valence-electron chi connectivity index (χ3n) is 4.26. The number of nitrogens with one attached hydrogen (secondary N) is 2. The molecule has 7 heteroatoms. The van der Waals surface area contributed by atoms with E-state index in [-0.39, 0.29) is 24.8 Å². The van der Waals surface area contributed by atoms with Gasteiger partial charge in [0.05, 0.1) is 25.8 Å². The Bertz CT molecular complexity index is 560. The summed E-state index contributed by atoms with van der Waals surface area (Å²) in [4.78, 5) is 26.1. The molecule has 24 heavy (non-hydrogen) atoms. The second kappa shape index (κ2) is 8.23. The Morgan fingerprint density at radius 1 is 1.12 bits per heavy atom. The van der Waals surface area contributed by atoms with Crippen LogP contribution in [0, 0.1) is 0 Å². The number of amides is 3. The molecular formula is C17H23N3O4. The van der Waals surface area contributed by atoms with E-state index in [1.165, 1.54) is 0 Å². The van der Waals surface area contributed by atoms with Crippen molar-refractivity contribution in [3.05, 3.63) is 30.3 Å². The number of imide groups is 1. The molecule has 0 bridgehead atoms. The smallest absolute Gasteiger partial charge is 0.325 e. The number of urea groups is 1. The maximum atomic E-state index is 12.2. The van der Waals surface area contributed by atoms with E-state index in [9.17, 15) is 9.59 Å². The topological polar surface area (TPSA) is 79.9 Å². The second-order valence-corrected chi connectivity index (χ2v) is 6.01. The van der Waals surface area contributed by atoms with E-state index in [4.69, 9.17) is 9.47 Å². The zero-order chi connectivity index (χ0) is 16.8. The highest BCUT2D eigenvalue weighted by molar-refractivity contribution is 6.01. The molecule has 7 nitrogen and oxygen atoms in total. The maximum Gasteiger partial charge on any atom is 0.325 e. The van der Waals surface area contributed by atoms with E-state index in [0.717, 1.165) is 25.8 Å². The van der Waals surface area contributed by atoms with Gasteiger partial charge >= 0.3 is 6.03 Å². The van der Waals surface area contributed by atoms with Gasteiger partial charge in [-0.25, -0.2) is 4.79 Å². The third-order valence-corrected chi connectivity index (χ3v) is 4.26. The summed E-state index contributed by atoms with van der Waals surface area (Å²) in [5.41, 5.74) is 0.645.